The van der Waals surface area contributed by atoms with Crippen LogP contribution in [0.25, 0.3) is 0 Å². The van der Waals surface area contributed by atoms with Gasteiger partial charge in [0.05, 0.1) is 13.2 Å². The Morgan fingerprint density at radius 2 is 2.15 bits per heavy atom. The second kappa shape index (κ2) is 10.4. The number of rotatable bonds is 8. The highest BCUT2D eigenvalue weighted by molar-refractivity contribution is 9.10. The smallest absolute Gasteiger partial charge is 0.357 e. The molecule has 0 atom stereocenters. The standard InChI is InChI=1S/C19H24BrN3O3S/c1-4-26-18(24)16-12-27-17(22-16)11-23(9-8-13(2)3)19(25)21-15-7-5-6-14(20)10-15/h5-7,10,12-13H,4,8-9,11H2,1-3H3,(H,21,25). The fraction of sp³-hybridized carbons (Fsp3) is 0.421. The quantitative estimate of drug-likeness (QED) is 0.560. The normalized spacial score (nSPS) is 10.7. The lowest BCUT2D eigenvalue weighted by Gasteiger charge is -2.23. The number of benzene rings is 1. The Morgan fingerprint density at radius 1 is 1.37 bits per heavy atom. The van der Waals surface area contributed by atoms with E-state index in [2.05, 4.69) is 40.1 Å². The fourth-order valence-electron chi connectivity index (χ4n) is 2.28. The Kier molecular flexibility index (Phi) is 8.24. The minimum Gasteiger partial charge on any atom is -0.461 e. The molecule has 0 aliphatic carbocycles. The first-order chi connectivity index (χ1) is 12.9. The predicted molar refractivity (Wildman–Crippen MR) is 111 cm³/mol. The summed E-state index contributed by atoms with van der Waals surface area (Å²) in [7, 11) is 0. The van der Waals surface area contributed by atoms with Crippen LogP contribution in [0.2, 0.25) is 0 Å². The van der Waals surface area contributed by atoms with Gasteiger partial charge in [0, 0.05) is 22.1 Å². The number of ether oxygens (including phenoxy) is 1. The molecule has 0 aliphatic heterocycles. The van der Waals surface area contributed by atoms with Crippen LogP contribution in [0, 0.1) is 5.92 Å². The van der Waals surface area contributed by atoms with E-state index in [4.69, 9.17) is 4.74 Å². The highest BCUT2D eigenvalue weighted by atomic mass is 79.9. The van der Waals surface area contributed by atoms with E-state index in [0.717, 1.165) is 16.6 Å². The van der Waals surface area contributed by atoms with Gasteiger partial charge in [0.25, 0.3) is 0 Å². The predicted octanol–water partition coefficient (Wildman–Crippen LogP) is 5.16. The molecule has 0 aliphatic rings. The number of aromatic nitrogens is 1. The molecule has 2 rings (SSSR count). The molecule has 0 radical (unpaired) electrons. The summed E-state index contributed by atoms with van der Waals surface area (Å²) >= 11 is 4.76. The van der Waals surface area contributed by atoms with E-state index in [9.17, 15) is 9.59 Å². The number of urea groups is 1. The zero-order valence-corrected chi connectivity index (χ0v) is 18.1. The summed E-state index contributed by atoms with van der Waals surface area (Å²) in [5.41, 5.74) is 1.00. The van der Waals surface area contributed by atoms with Gasteiger partial charge < -0.3 is 15.0 Å². The summed E-state index contributed by atoms with van der Waals surface area (Å²) in [5, 5.41) is 5.29. The number of thiazole rings is 1. The summed E-state index contributed by atoms with van der Waals surface area (Å²) in [4.78, 5) is 30.6. The van der Waals surface area contributed by atoms with Crippen molar-refractivity contribution < 1.29 is 14.3 Å². The Labute approximate surface area is 172 Å². The van der Waals surface area contributed by atoms with E-state index < -0.39 is 5.97 Å². The van der Waals surface area contributed by atoms with Crippen LogP contribution in [-0.4, -0.2) is 35.0 Å². The highest BCUT2D eigenvalue weighted by Gasteiger charge is 2.18. The van der Waals surface area contributed by atoms with Crippen LogP contribution in [0.3, 0.4) is 0 Å². The van der Waals surface area contributed by atoms with Crippen molar-refractivity contribution in [1.82, 2.24) is 9.88 Å². The first-order valence-corrected chi connectivity index (χ1v) is 10.5. The molecule has 0 bridgehead atoms. The topological polar surface area (TPSA) is 71.5 Å². The molecule has 2 amide bonds. The third kappa shape index (κ3) is 6.95. The zero-order chi connectivity index (χ0) is 19.8. The molecule has 1 heterocycles. The largest absolute Gasteiger partial charge is 0.461 e. The Bertz CT molecular complexity index is 779. The van der Waals surface area contributed by atoms with Crippen molar-refractivity contribution in [2.24, 2.45) is 5.92 Å². The molecule has 0 fully saturated rings. The van der Waals surface area contributed by atoms with E-state index in [1.54, 1.807) is 17.2 Å². The number of carbonyl (C=O) groups excluding carboxylic acids is 2. The van der Waals surface area contributed by atoms with Crippen LogP contribution in [0.4, 0.5) is 10.5 Å². The third-order valence-corrected chi connectivity index (χ3v) is 5.03. The third-order valence-electron chi connectivity index (χ3n) is 3.70. The molecule has 1 N–H and O–H groups in total. The van der Waals surface area contributed by atoms with Gasteiger partial charge in [-0.25, -0.2) is 14.6 Å². The van der Waals surface area contributed by atoms with Crippen molar-refractivity contribution in [3.8, 4) is 0 Å². The van der Waals surface area contributed by atoms with E-state index >= 15 is 0 Å². The number of nitrogens with zero attached hydrogens (tertiary/aromatic N) is 2. The van der Waals surface area contributed by atoms with Gasteiger partial charge >= 0.3 is 12.0 Å². The molecule has 1 aromatic carbocycles. The lowest BCUT2D eigenvalue weighted by Crippen LogP contribution is -2.35. The van der Waals surface area contributed by atoms with Crippen molar-refractivity contribution in [3.63, 3.8) is 0 Å². The zero-order valence-electron chi connectivity index (χ0n) is 15.7. The molecular formula is C19H24BrN3O3S. The number of esters is 1. The van der Waals surface area contributed by atoms with E-state index in [1.807, 2.05) is 24.3 Å². The monoisotopic (exact) mass is 453 g/mol. The second-order valence-electron chi connectivity index (χ2n) is 6.39. The summed E-state index contributed by atoms with van der Waals surface area (Å²) in [6, 6.07) is 7.26. The summed E-state index contributed by atoms with van der Waals surface area (Å²) in [6.07, 6.45) is 0.877. The summed E-state index contributed by atoms with van der Waals surface area (Å²) < 4.78 is 5.87. The SMILES string of the molecule is CCOC(=O)c1csc(CN(CCC(C)C)C(=O)Nc2cccc(Br)c2)n1. The second-order valence-corrected chi connectivity index (χ2v) is 8.25. The van der Waals surface area contributed by atoms with Crippen LogP contribution in [0.1, 0.15) is 42.7 Å². The van der Waals surface area contributed by atoms with Gasteiger partial charge in [-0.05, 0) is 37.5 Å². The van der Waals surface area contributed by atoms with Crippen LogP contribution in [-0.2, 0) is 11.3 Å². The molecule has 1 aromatic heterocycles. The van der Waals surface area contributed by atoms with Gasteiger partial charge in [0.1, 0.15) is 5.01 Å². The minimum absolute atomic E-state index is 0.193. The van der Waals surface area contributed by atoms with Crippen molar-refractivity contribution >= 4 is 45.0 Å². The van der Waals surface area contributed by atoms with Crippen molar-refractivity contribution in [1.29, 1.82) is 0 Å². The molecule has 27 heavy (non-hydrogen) atoms. The van der Waals surface area contributed by atoms with Gasteiger partial charge in [-0.2, -0.15) is 0 Å². The maximum atomic E-state index is 12.8. The van der Waals surface area contributed by atoms with Crippen LogP contribution in [0.15, 0.2) is 34.1 Å². The van der Waals surface area contributed by atoms with Gasteiger partial charge in [-0.1, -0.05) is 35.8 Å². The molecule has 2 aromatic rings. The Hall–Kier alpha value is -1.93. The summed E-state index contributed by atoms with van der Waals surface area (Å²) in [6.45, 7) is 7.24. The van der Waals surface area contributed by atoms with Gasteiger partial charge in [-0.3, -0.25) is 0 Å². The number of anilines is 1. The van der Waals surface area contributed by atoms with Crippen LogP contribution < -0.4 is 5.32 Å². The average Bonchev–Trinajstić information content (AvgIpc) is 3.07. The molecule has 146 valence electrons. The van der Waals surface area contributed by atoms with Crippen LogP contribution in [0.5, 0.6) is 0 Å². The first-order valence-electron chi connectivity index (χ1n) is 8.82. The fourth-order valence-corrected chi connectivity index (χ4v) is 3.46. The van der Waals surface area contributed by atoms with Crippen LogP contribution >= 0.6 is 27.3 Å². The number of nitrogens with one attached hydrogen (secondary N) is 1. The Balaban J connectivity index is 2.09. The number of hydrogen-bond acceptors (Lipinski definition) is 5. The van der Waals surface area contributed by atoms with Gasteiger partial charge in [-0.15, -0.1) is 11.3 Å². The van der Waals surface area contributed by atoms with E-state index in [1.165, 1.54) is 11.3 Å². The van der Waals surface area contributed by atoms with E-state index in [-0.39, 0.29) is 11.7 Å². The van der Waals surface area contributed by atoms with Crippen molar-refractivity contribution in [3.05, 3.63) is 44.8 Å². The van der Waals surface area contributed by atoms with Crippen molar-refractivity contribution in [2.75, 3.05) is 18.5 Å². The molecule has 6 nitrogen and oxygen atoms in total. The maximum absolute atomic E-state index is 12.8. The number of hydrogen-bond donors (Lipinski definition) is 1. The molecular weight excluding hydrogens is 430 g/mol. The first kappa shape index (κ1) is 21.4. The Morgan fingerprint density at radius 3 is 2.81 bits per heavy atom. The maximum Gasteiger partial charge on any atom is 0.357 e. The molecule has 0 spiro atoms. The number of carbonyl (C=O) groups is 2. The number of halogens is 1. The van der Waals surface area contributed by atoms with Gasteiger partial charge in [0.2, 0.25) is 0 Å². The van der Waals surface area contributed by atoms with E-state index in [0.29, 0.717) is 30.6 Å². The van der Waals surface area contributed by atoms with Crippen molar-refractivity contribution in [2.45, 2.75) is 33.7 Å². The molecule has 0 saturated carbocycles. The molecule has 0 unspecified atom stereocenters. The lowest BCUT2D eigenvalue weighted by atomic mass is 10.1. The number of amides is 2. The molecule has 8 heteroatoms. The molecule has 0 saturated heterocycles. The highest BCUT2D eigenvalue weighted by Crippen LogP contribution is 2.18. The van der Waals surface area contributed by atoms with Gasteiger partial charge in [0.15, 0.2) is 5.69 Å². The lowest BCUT2D eigenvalue weighted by molar-refractivity contribution is 0.0520. The summed E-state index contributed by atoms with van der Waals surface area (Å²) in [5.74, 6) is 0.0323. The minimum atomic E-state index is -0.438. The average molecular weight is 454 g/mol.